The summed E-state index contributed by atoms with van der Waals surface area (Å²) in [6.07, 6.45) is 4.76. The molecule has 0 bridgehead atoms. The first-order chi connectivity index (χ1) is 11.8. The van der Waals surface area contributed by atoms with Gasteiger partial charge in [0.25, 0.3) is 0 Å². The van der Waals surface area contributed by atoms with Crippen molar-refractivity contribution in [2.45, 2.75) is 33.0 Å². The van der Waals surface area contributed by atoms with Gasteiger partial charge in [-0.2, -0.15) is 5.10 Å². The zero-order valence-electron chi connectivity index (χ0n) is 14.9. The van der Waals surface area contributed by atoms with E-state index in [1.807, 2.05) is 36.0 Å². The van der Waals surface area contributed by atoms with Crippen LogP contribution in [0, 0.1) is 0 Å². The molecule has 0 amide bonds. The van der Waals surface area contributed by atoms with Crippen LogP contribution in [0.3, 0.4) is 0 Å². The molecule has 0 aliphatic heterocycles. The third-order valence-corrected chi connectivity index (χ3v) is 3.67. The van der Waals surface area contributed by atoms with E-state index in [-0.39, 0.29) is 24.0 Å². The van der Waals surface area contributed by atoms with Gasteiger partial charge in [-0.05, 0) is 30.5 Å². The van der Waals surface area contributed by atoms with Gasteiger partial charge in [-0.15, -0.1) is 24.0 Å². The molecule has 1 aromatic carbocycles. The fourth-order valence-electron chi connectivity index (χ4n) is 2.36. The number of ether oxygens (including phenoxy) is 1. The van der Waals surface area contributed by atoms with Gasteiger partial charge in [-0.1, -0.05) is 24.3 Å². The average molecular weight is 457 g/mol. The van der Waals surface area contributed by atoms with E-state index in [1.165, 1.54) is 11.1 Å². The Morgan fingerprint density at radius 2 is 2.00 bits per heavy atom. The fourth-order valence-corrected chi connectivity index (χ4v) is 2.36. The maximum Gasteiger partial charge on any atom is 0.191 e. The molecule has 0 aliphatic rings. The molecule has 0 saturated heterocycles. The highest BCUT2D eigenvalue weighted by atomic mass is 127. The molecule has 0 aliphatic carbocycles. The largest absolute Gasteiger partial charge is 0.377 e. The van der Waals surface area contributed by atoms with Crippen molar-refractivity contribution in [3.05, 3.63) is 53.9 Å². The Morgan fingerprint density at radius 3 is 2.68 bits per heavy atom. The van der Waals surface area contributed by atoms with Gasteiger partial charge in [-0.25, -0.2) is 0 Å². The Bertz CT molecular complexity index is 616. The van der Waals surface area contributed by atoms with Crippen LogP contribution >= 0.6 is 24.0 Å². The van der Waals surface area contributed by atoms with Crippen molar-refractivity contribution >= 4 is 29.9 Å². The SMILES string of the molecule is CCOCc1ccccc1CNC(=NC)NCCCn1cccn1.I. The monoisotopic (exact) mass is 457 g/mol. The highest BCUT2D eigenvalue weighted by Crippen LogP contribution is 2.09. The molecule has 25 heavy (non-hydrogen) atoms. The van der Waals surface area contributed by atoms with Crippen molar-refractivity contribution in [1.29, 1.82) is 0 Å². The second-order valence-electron chi connectivity index (χ2n) is 5.38. The van der Waals surface area contributed by atoms with Crippen LogP contribution in [0.15, 0.2) is 47.7 Å². The minimum absolute atomic E-state index is 0. The molecule has 0 saturated carbocycles. The molecular formula is C18H28IN5O. The lowest BCUT2D eigenvalue weighted by atomic mass is 10.1. The molecule has 0 atom stereocenters. The molecule has 1 heterocycles. The molecular weight excluding hydrogens is 429 g/mol. The van der Waals surface area contributed by atoms with Gasteiger partial charge in [0.2, 0.25) is 0 Å². The van der Waals surface area contributed by atoms with Crippen LogP contribution in [0.2, 0.25) is 0 Å². The first-order valence-corrected chi connectivity index (χ1v) is 8.40. The summed E-state index contributed by atoms with van der Waals surface area (Å²) in [7, 11) is 1.79. The number of rotatable bonds is 9. The van der Waals surface area contributed by atoms with Crippen LogP contribution in [0.1, 0.15) is 24.5 Å². The van der Waals surface area contributed by atoms with E-state index in [0.717, 1.165) is 38.6 Å². The van der Waals surface area contributed by atoms with Crippen molar-refractivity contribution in [1.82, 2.24) is 20.4 Å². The summed E-state index contributed by atoms with van der Waals surface area (Å²) in [5.41, 5.74) is 2.44. The summed E-state index contributed by atoms with van der Waals surface area (Å²) >= 11 is 0. The number of benzene rings is 1. The van der Waals surface area contributed by atoms with Crippen molar-refractivity contribution in [3.8, 4) is 0 Å². The number of aromatic nitrogens is 2. The number of aliphatic imine (C=N–C) groups is 1. The summed E-state index contributed by atoms with van der Waals surface area (Å²) < 4.78 is 7.46. The Morgan fingerprint density at radius 1 is 1.20 bits per heavy atom. The van der Waals surface area contributed by atoms with Crippen molar-refractivity contribution in [3.63, 3.8) is 0 Å². The smallest absolute Gasteiger partial charge is 0.191 e. The lowest BCUT2D eigenvalue weighted by Gasteiger charge is -2.14. The number of aryl methyl sites for hydroxylation is 1. The first-order valence-electron chi connectivity index (χ1n) is 8.40. The van der Waals surface area contributed by atoms with E-state index in [2.05, 4.69) is 32.9 Å². The summed E-state index contributed by atoms with van der Waals surface area (Å²) in [6.45, 7) is 5.84. The van der Waals surface area contributed by atoms with Crippen LogP contribution in [0.4, 0.5) is 0 Å². The maximum atomic E-state index is 5.53. The molecule has 2 aromatic rings. The minimum Gasteiger partial charge on any atom is -0.377 e. The molecule has 2 N–H and O–H groups in total. The molecule has 138 valence electrons. The lowest BCUT2D eigenvalue weighted by molar-refractivity contribution is 0.133. The standard InChI is InChI=1S/C18H27N5O.HI/c1-3-24-15-17-9-5-4-8-16(17)14-21-18(19-2)20-10-6-12-23-13-7-11-22-23;/h4-5,7-9,11,13H,3,6,10,12,14-15H2,1-2H3,(H2,19,20,21);1H. The van der Waals surface area contributed by atoms with Gasteiger partial charge in [0.1, 0.15) is 0 Å². The van der Waals surface area contributed by atoms with E-state index in [1.54, 1.807) is 13.2 Å². The van der Waals surface area contributed by atoms with E-state index in [0.29, 0.717) is 6.61 Å². The average Bonchev–Trinajstić information content (AvgIpc) is 3.13. The van der Waals surface area contributed by atoms with Crippen molar-refractivity contribution < 1.29 is 4.74 Å². The summed E-state index contributed by atoms with van der Waals surface area (Å²) in [5, 5.41) is 10.9. The predicted molar refractivity (Wildman–Crippen MR) is 112 cm³/mol. The van der Waals surface area contributed by atoms with Crippen LogP contribution in [-0.2, 0) is 24.4 Å². The number of guanidine groups is 1. The van der Waals surface area contributed by atoms with E-state index in [4.69, 9.17) is 4.74 Å². The van der Waals surface area contributed by atoms with E-state index in [9.17, 15) is 0 Å². The molecule has 6 nitrogen and oxygen atoms in total. The molecule has 1 aromatic heterocycles. The van der Waals surface area contributed by atoms with Crippen molar-refractivity contribution in [2.75, 3.05) is 20.2 Å². The third kappa shape index (κ3) is 7.87. The van der Waals surface area contributed by atoms with Gasteiger partial charge in [0.15, 0.2) is 5.96 Å². The Hall–Kier alpha value is -1.61. The number of nitrogens with one attached hydrogen (secondary N) is 2. The van der Waals surface area contributed by atoms with E-state index < -0.39 is 0 Å². The zero-order valence-corrected chi connectivity index (χ0v) is 17.3. The highest BCUT2D eigenvalue weighted by Gasteiger charge is 2.03. The highest BCUT2D eigenvalue weighted by molar-refractivity contribution is 14.0. The summed E-state index contributed by atoms with van der Waals surface area (Å²) in [5.74, 6) is 0.807. The second-order valence-corrected chi connectivity index (χ2v) is 5.38. The normalized spacial score (nSPS) is 11.0. The van der Waals surface area contributed by atoms with Crippen LogP contribution < -0.4 is 10.6 Å². The van der Waals surface area contributed by atoms with Crippen LogP contribution in [0.25, 0.3) is 0 Å². The minimum atomic E-state index is 0. The lowest BCUT2D eigenvalue weighted by Crippen LogP contribution is -2.37. The number of hydrogen-bond acceptors (Lipinski definition) is 3. The van der Waals surface area contributed by atoms with Gasteiger partial charge < -0.3 is 15.4 Å². The molecule has 0 spiro atoms. The Labute approximate surface area is 167 Å². The fraction of sp³-hybridized carbons (Fsp3) is 0.444. The first kappa shape index (κ1) is 21.4. The topological polar surface area (TPSA) is 63.5 Å². The quantitative estimate of drug-likeness (QED) is 0.263. The molecule has 0 unspecified atom stereocenters. The second kappa shape index (κ2) is 12.7. The van der Waals surface area contributed by atoms with Gasteiger partial charge in [0.05, 0.1) is 6.61 Å². The summed E-state index contributed by atoms with van der Waals surface area (Å²) in [4.78, 5) is 4.27. The predicted octanol–water partition coefficient (Wildman–Crippen LogP) is 2.79. The number of nitrogens with zero attached hydrogens (tertiary/aromatic N) is 3. The van der Waals surface area contributed by atoms with Gasteiger partial charge in [0, 0.05) is 45.7 Å². The van der Waals surface area contributed by atoms with E-state index >= 15 is 0 Å². The molecule has 0 radical (unpaired) electrons. The molecule has 7 heteroatoms. The number of hydrogen-bond donors (Lipinski definition) is 2. The maximum absolute atomic E-state index is 5.53. The Kier molecular flexibility index (Phi) is 10.9. The number of halogens is 1. The molecule has 0 fully saturated rings. The van der Waals surface area contributed by atoms with Crippen LogP contribution in [0.5, 0.6) is 0 Å². The Balaban J connectivity index is 0.00000312. The van der Waals surface area contributed by atoms with Gasteiger partial charge >= 0.3 is 0 Å². The summed E-state index contributed by atoms with van der Waals surface area (Å²) in [6, 6.07) is 10.2. The third-order valence-electron chi connectivity index (χ3n) is 3.67. The molecule has 2 rings (SSSR count). The van der Waals surface area contributed by atoms with Crippen LogP contribution in [-0.4, -0.2) is 35.9 Å². The van der Waals surface area contributed by atoms with Gasteiger partial charge in [-0.3, -0.25) is 9.67 Å². The zero-order chi connectivity index (χ0) is 17.0. The van der Waals surface area contributed by atoms with Crippen molar-refractivity contribution in [2.24, 2.45) is 4.99 Å².